The lowest BCUT2D eigenvalue weighted by Gasteiger charge is -2.53. The summed E-state index contributed by atoms with van der Waals surface area (Å²) in [6.07, 6.45) is -1.68. The molecule has 36 heavy (non-hydrogen) atoms. The van der Waals surface area contributed by atoms with E-state index in [1.807, 2.05) is 0 Å². The Hall–Kier alpha value is -3.67. The highest BCUT2D eigenvalue weighted by Crippen LogP contribution is 2.56. The Morgan fingerprint density at radius 3 is 2.28 bits per heavy atom. The van der Waals surface area contributed by atoms with E-state index in [4.69, 9.17) is 11.5 Å². The maximum absolute atomic E-state index is 13.8. The normalized spacial score (nSPS) is 31.8. The maximum Gasteiger partial charge on any atom is 0.255 e. The molecule has 192 valence electrons. The van der Waals surface area contributed by atoms with Crippen LogP contribution in [0.1, 0.15) is 41.3 Å². The smallest absolute Gasteiger partial charge is 0.255 e. The Morgan fingerprint density at radius 2 is 1.78 bits per heavy atom. The number of phenolic OH excluding ortho intramolecular Hbond substituents is 1. The number of ketones is 2. The Bertz CT molecular complexity index is 1330. The number of fused-ring (bicyclic) bond motifs is 3. The summed E-state index contributed by atoms with van der Waals surface area (Å²) in [6.45, 7) is 6.99. The Morgan fingerprint density at radius 1 is 1.19 bits per heavy atom. The Balaban J connectivity index is 2.09. The number of aliphatic hydroxyl groups excluding tert-OH is 3. The molecule has 0 saturated heterocycles. The van der Waals surface area contributed by atoms with Crippen LogP contribution < -0.4 is 11.5 Å². The summed E-state index contributed by atoms with van der Waals surface area (Å²) in [5.41, 5.74) is 7.91. The average Bonchev–Trinajstić information content (AvgIpc) is 2.77. The first kappa shape index (κ1) is 25.4. The van der Waals surface area contributed by atoms with Gasteiger partial charge in [-0.05, 0) is 44.1 Å². The number of phenols is 1. The summed E-state index contributed by atoms with van der Waals surface area (Å²) in [5.74, 6) is -9.56. The van der Waals surface area contributed by atoms with E-state index >= 15 is 0 Å². The third-order valence-corrected chi connectivity index (χ3v) is 7.72. The number of rotatable bonds is 3. The minimum atomic E-state index is -2.96. The fourth-order valence-corrected chi connectivity index (χ4v) is 6.14. The van der Waals surface area contributed by atoms with E-state index in [1.54, 1.807) is 13.8 Å². The number of carbonyl (C=O) groups is 3. The molecule has 11 heteroatoms. The second-order valence-electron chi connectivity index (χ2n) is 9.98. The molecule has 0 heterocycles. The van der Waals surface area contributed by atoms with Crippen LogP contribution in [0.3, 0.4) is 0 Å². The number of primary amides is 1. The third-order valence-electron chi connectivity index (χ3n) is 7.72. The van der Waals surface area contributed by atoms with Gasteiger partial charge in [0.15, 0.2) is 11.4 Å². The summed E-state index contributed by atoms with van der Waals surface area (Å²) in [5, 5.41) is 56.3. The molecule has 11 nitrogen and oxygen atoms in total. The lowest BCUT2D eigenvalue weighted by Crippen LogP contribution is -2.68. The molecule has 0 bridgehead atoms. The van der Waals surface area contributed by atoms with Crippen molar-refractivity contribution in [2.45, 2.75) is 37.5 Å². The highest BCUT2D eigenvalue weighted by molar-refractivity contribution is 6.25. The minimum Gasteiger partial charge on any atom is -0.510 e. The first-order valence-corrected chi connectivity index (χ1v) is 11.2. The molecule has 0 saturated carbocycles. The van der Waals surface area contributed by atoms with Gasteiger partial charge in [-0.3, -0.25) is 19.3 Å². The van der Waals surface area contributed by atoms with Crippen LogP contribution in [0.2, 0.25) is 0 Å². The topological polar surface area (TPSA) is 208 Å². The number of benzene rings is 1. The molecule has 1 aromatic carbocycles. The van der Waals surface area contributed by atoms with Gasteiger partial charge in [0.05, 0.1) is 23.6 Å². The molecule has 3 aliphatic rings. The van der Waals surface area contributed by atoms with Gasteiger partial charge in [0.25, 0.3) is 5.91 Å². The van der Waals surface area contributed by atoms with Crippen molar-refractivity contribution in [2.24, 2.45) is 17.6 Å². The van der Waals surface area contributed by atoms with E-state index in [2.05, 4.69) is 6.58 Å². The van der Waals surface area contributed by atoms with Gasteiger partial charge in [-0.25, -0.2) is 0 Å². The fourth-order valence-electron chi connectivity index (χ4n) is 6.14. The number of nitrogens with zero attached hydrogens (tertiary/aromatic N) is 1. The van der Waals surface area contributed by atoms with Crippen molar-refractivity contribution in [2.75, 3.05) is 19.8 Å². The zero-order valence-corrected chi connectivity index (χ0v) is 20.2. The van der Waals surface area contributed by atoms with Crippen LogP contribution in [0.5, 0.6) is 5.75 Å². The lowest BCUT2D eigenvalue weighted by atomic mass is 9.55. The summed E-state index contributed by atoms with van der Waals surface area (Å²) in [7, 11) is 2.94. The highest BCUT2D eigenvalue weighted by atomic mass is 16.4. The number of anilines is 1. The molecule has 6 atom stereocenters. The molecule has 1 aromatic rings. The fraction of sp³-hybridized carbons (Fsp3) is 0.400. The van der Waals surface area contributed by atoms with E-state index in [1.165, 1.54) is 25.1 Å². The number of aliphatic hydroxyl groups is 4. The van der Waals surface area contributed by atoms with E-state index < -0.39 is 81.4 Å². The molecule has 0 spiro atoms. The SMILES string of the molecule is C=C(C)c1cc(N)c2c(c1O)C(=O)C1=C(O)[C@]3(O)C(=O)C(C(N)=O)=C(O)[C@@H](N(C)C)[C@@H]3[C@@H](O)[C@@H]1[C@H]2C. The van der Waals surface area contributed by atoms with Gasteiger partial charge < -0.3 is 37.0 Å². The second kappa shape index (κ2) is 7.92. The summed E-state index contributed by atoms with van der Waals surface area (Å²) in [4.78, 5) is 40.5. The minimum absolute atomic E-state index is 0.149. The number of carbonyl (C=O) groups excluding carboxylic acids is 3. The number of hydrogen-bond acceptors (Lipinski definition) is 10. The molecule has 0 radical (unpaired) electrons. The number of allylic oxidation sites excluding steroid dienone is 1. The van der Waals surface area contributed by atoms with Crippen LogP contribution in [0.4, 0.5) is 5.69 Å². The molecule has 9 N–H and O–H groups in total. The number of aromatic hydroxyl groups is 1. The maximum atomic E-state index is 13.8. The van der Waals surface area contributed by atoms with Crippen molar-refractivity contribution >= 4 is 28.7 Å². The Labute approximate surface area is 206 Å². The predicted octanol–water partition coefficient (Wildman–Crippen LogP) is 0.268. The predicted molar refractivity (Wildman–Crippen MR) is 129 cm³/mol. The van der Waals surface area contributed by atoms with Gasteiger partial charge in [0.1, 0.15) is 22.8 Å². The standard InChI is InChI=1S/C25H29N3O8/c1-7(2)9-6-10(26)11-8(3)12-14(19(30)13(11)18(9)29)22(33)25(36)16(20(12)31)17(28(4)5)21(32)15(23(25)34)24(27)35/h6,8,12,16-17,20,29,31-33,36H,1,26H2,2-5H3,(H2,27,35)/t8-,12+,16+,17-,20-,25-/m0/s1. The van der Waals surface area contributed by atoms with Crippen LogP contribution in [0, 0.1) is 11.8 Å². The zero-order chi connectivity index (χ0) is 27.2. The molecule has 0 fully saturated rings. The van der Waals surface area contributed by atoms with Gasteiger partial charge >= 0.3 is 0 Å². The number of amides is 1. The highest BCUT2D eigenvalue weighted by Gasteiger charge is 2.67. The largest absolute Gasteiger partial charge is 0.510 e. The van der Waals surface area contributed by atoms with E-state index in [9.17, 15) is 39.9 Å². The lowest BCUT2D eigenvalue weighted by molar-refractivity contribution is -0.162. The first-order valence-electron chi connectivity index (χ1n) is 11.2. The molecular formula is C25H29N3O8. The number of nitrogen functional groups attached to an aromatic ring is 1. The first-order chi connectivity index (χ1) is 16.6. The molecule has 4 rings (SSSR count). The summed E-state index contributed by atoms with van der Waals surface area (Å²) >= 11 is 0. The third kappa shape index (κ3) is 2.93. The van der Waals surface area contributed by atoms with Crippen LogP contribution in [0.15, 0.2) is 35.3 Å². The quantitative estimate of drug-likeness (QED) is 0.171. The summed E-state index contributed by atoms with van der Waals surface area (Å²) < 4.78 is 0. The molecule has 0 unspecified atom stereocenters. The van der Waals surface area contributed by atoms with Crippen LogP contribution >= 0.6 is 0 Å². The molecule has 0 aromatic heterocycles. The van der Waals surface area contributed by atoms with E-state index in [-0.39, 0.29) is 22.4 Å². The number of hydrogen-bond donors (Lipinski definition) is 7. The van der Waals surface area contributed by atoms with Crippen molar-refractivity contribution in [1.29, 1.82) is 0 Å². The van der Waals surface area contributed by atoms with Crippen LogP contribution in [-0.4, -0.2) is 79.7 Å². The van der Waals surface area contributed by atoms with Gasteiger partial charge in [-0.1, -0.05) is 13.5 Å². The molecule has 1 amide bonds. The molecule has 3 aliphatic carbocycles. The number of Topliss-reactive ketones (excluding diaryl/α,β-unsaturated/α-hetero) is 2. The van der Waals surface area contributed by atoms with Crippen molar-refractivity contribution in [3.05, 3.63) is 52.0 Å². The average molecular weight is 500 g/mol. The molecule has 0 aliphatic heterocycles. The van der Waals surface area contributed by atoms with Gasteiger partial charge in [-0.15, -0.1) is 0 Å². The number of likely N-dealkylation sites (N-methyl/N-ethyl adjacent to an activating group) is 1. The van der Waals surface area contributed by atoms with Crippen molar-refractivity contribution in [3.8, 4) is 5.75 Å². The van der Waals surface area contributed by atoms with Crippen LogP contribution in [0.25, 0.3) is 5.57 Å². The van der Waals surface area contributed by atoms with Gasteiger partial charge in [-0.2, -0.15) is 0 Å². The van der Waals surface area contributed by atoms with E-state index in [0.29, 0.717) is 5.57 Å². The summed E-state index contributed by atoms with van der Waals surface area (Å²) in [6, 6.07) is 0.134. The Kier molecular flexibility index (Phi) is 5.59. The van der Waals surface area contributed by atoms with E-state index in [0.717, 1.165) is 0 Å². The zero-order valence-electron chi connectivity index (χ0n) is 20.2. The second-order valence-corrected chi connectivity index (χ2v) is 9.98. The van der Waals surface area contributed by atoms with Crippen molar-refractivity contribution in [1.82, 2.24) is 4.90 Å². The monoisotopic (exact) mass is 499 g/mol. The van der Waals surface area contributed by atoms with Gasteiger partial charge in [0, 0.05) is 22.7 Å². The molecular weight excluding hydrogens is 470 g/mol. The van der Waals surface area contributed by atoms with Crippen molar-refractivity contribution in [3.63, 3.8) is 0 Å². The number of nitrogens with two attached hydrogens (primary N) is 2. The van der Waals surface area contributed by atoms with Crippen molar-refractivity contribution < 1.29 is 39.9 Å². The van der Waals surface area contributed by atoms with Crippen LogP contribution in [-0.2, 0) is 9.59 Å². The van der Waals surface area contributed by atoms with Gasteiger partial charge in [0.2, 0.25) is 5.78 Å².